The molecule has 7 nitrogen and oxygen atoms in total. The van der Waals surface area contributed by atoms with Gasteiger partial charge < -0.3 is 10.1 Å². The molecule has 0 spiro atoms. The lowest BCUT2D eigenvalue weighted by atomic mass is 10.3. The second kappa shape index (κ2) is 10.4. The highest BCUT2D eigenvalue weighted by Gasteiger charge is 2.22. The monoisotopic (exact) mass is 443 g/mol. The summed E-state index contributed by atoms with van der Waals surface area (Å²) in [6.45, 7) is 1.98. The number of para-hydroxylation sites is 2. The highest BCUT2D eigenvalue weighted by molar-refractivity contribution is 8.14. The molecule has 0 fully saturated rings. The minimum absolute atomic E-state index is 0.0525. The fourth-order valence-corrected chi connectivity index (χ4v) is 3.69. The van der Waals surface area contributed by atoms with Crippen molar-refractivity contribution in [1.82, 2.24) is 15.0 Å². The average Bonchev–Trinajstić information content (AvgIpc) is 3.25. The Morgan fingerprint density at radius 1 is 0.969 bits per heavy atom. The number of hydrogen-bond donors (Lipinski definition) is 1. The van der Waals surface area contributed by atoms with Gasteiger partial charge >= 0.3 is 5.97 Å². The fraction of sp³-hybridized carbons (Fsp3) is 0.0833. The topological polar surface area (TPSA) is 81.4 Å². The molecule has 1 aromatic heterocycles. The first-order valence-corrected chi connectivity index (χ1v) is 10.9. The van der Waals surface area contributed by atoms with Gasteiger partial charge in [0, 0.05) is 10.6 Å². The van der Waals surface area contributed by atoms with E-state index >= 15 is 0 Å². The predicted molar refractivity (Wildman–Crippen MR) is 127 cm³/mol. The summed E-state index contributed by atoms with van der Waals surface area (Å²) in [4.78, 5) is 18.4. The number of thioether (sulfide) groups is 1. The molecule has 0 bridgehead atoms. The molecule has 0 aliphatic heterocycles. The van der Waals surface area contributed by atoms with Gasteiger partial charge in [-0.25, -0.2) is 9.79 Å². The molecule has 3 aromatic carbocycles. The van der Waals surface area contributed by atoms with Crippen LogP contribution in [0.25, 0.3) is 5.69 Å². The Bertz CT molecular complexity index is 1150. The number of rotatable bonds is 6. The summed E-state index contributed by atoms with van der Waals surface area (Å²) >= 11 is 1.44. The third kappa shape index (κ3) is 5.22. The summed E-state index contributed by atoms with van der Waals surface area (Å²) in [5.74, 6) is -0.284. The van der Waals surface area contributed by atoms with Crippen molar-refractivity contribution in [3.63, 3.8) is 0 Å². The van der Waals surface area contributed by atoms with E-state index in [0.717, 1.165) is 16.3 Å². The van der Waals surface area contributed by atoms with Gasteiger partial charge in [0.1, 0.15) is 0 Å². The third-order valence-electron chi connectivity index (χ3n) is 4.31. The van der Waals surface area contributed by atoms with E-state index in [9.17, 15) is 4.79 Å². The van der Waals surface area contributed by atoms with E-state index in [0.29, 0.717) is 5.17 Å². The molecule has 0 aliphatic rings. The van der Waals surface area contributed by atoms with E-state index in [1.165, 1.54) is 16.4 Å². The highest BCUT2D eigenvalue weighted by Crippen LogP contribution is 2.27. The zero-order valence-corrected chi connectivity index (χ0v) is 18.2. The van der Waals surface area contributed by atoms with E-state index in [-0.39, 0.29) is 18.1 Å². The number of carbonyl (C=O) groups excluding carboxylic acids is 1. The fourth-order valence-electron chi connectivity index (χ4n) is 2.87. The van der Waals surface area contributed by atoms with Crippen LogP contribution in [0.2, 0.25) is 0 Å². The number of amidine groups is 1. The minimum Gasteiger partial charge on any atom is -0.461 e. The van der Waals surface area contributed by atoms with Gasteiger partial charge in [-0.05, 0) is 43.3 Å². The van der Waals surface area contributed by atoms with E-state index in [2.05, 4.69) is 15.6 Å². The molecule has 160 valence electrons. The van der Waals surface area contributed by atoms with Crippen molar-refractivity contribution in [2.75, 3.05) is 11.9 Å². The number of nitrogens with one attached hydrogen (secondary N) is 1. The summed E-state index contributed by atoms with van der Waals surface area (Å²) in [5.41, 5.74) is 1.65. The van der Waals surface area contributed by atoms with Crippen LogP contribution in [0, 0.1) is 0 Å². The van der Waals surface area contributed by atoms with Crippen molar-refractivity contribution < 1.29 is 9.53 Å². The molecule has 0 unspecified atom stereocenters. The lowest BCUT2D eigenvalue weighted by Crippen LogP contribution is -2.10. The van der Waals surface area contributed by atoms with Crippen LogP contribution in [0.1, 0.15) is 17.4 Å². The van der Waals surface area contributed by atoms with E-state index in [1.54, 1.807) is 6.92 Å². The third-order valence-corrected chi connectivity index (χ3v) is 5.20. The van der Waals surface area contributed by atoms with E-state index in [4.69, 9.17) is 9.73 Å². The maximum absolute atomic E-state index is 12.6. The van der Waals surface area contributed by atoms with Crippen LogP contribution >= 0.6 is 11.8 Å². The van der Waals surface area contributed by atoms with Gasteiger partial charge in [0.05, 0.1) is 12.3 Å². The van der Waals surface area contributed by atoms with E-state index < -0.39 is 5.97 Å². The summed E-state index contributed by atoms with van der Waals surface area (Å²) in [7, 11) is 0. The Labute approximate surface area is 190 Å². The summed E-state index contributed by atoms with van der Waals surface area (Å²) < 4.78 is 6.72. The number of esters is 1. The highest BCUT2D eigenvalue weighted by atomic mass is 32.2. The van der Waals surface area contributed by atoms with Crippen molar-refractivity contribution in [2.45, 2.75) is 11.8 Å². The molecule has 4 aromatic rings. The van der Waals surface area contributed by atoms with Gasteiger partial charge in [-0.1, -0.05) is 71.6 Å². The Hall–Kier alpha value is -3.91. The molecule has 8 heteroatoms. The quantitative estimate of drug-likeness (QED) is 0.188. The molecule has 32 heavy (non-hydrogen) atoms. The van der Waals surface area contributed by atoms with Crippen LogP contribution < -0.4 is 5.32 Å². The first kappa shape index (κ1) is 21.3. The molecule has 1 heterocycles. The van der Waals surface area contributed by atoms with Gasteiger partial charge in [-0.15, -0.1) is 5.10 Å². The number of carbonyl (C=O) groups is 1. The SMILES string of the molecule is CCOC(=O)c1nnn(-c2ccccc2)c1/N=C(/Nc1ccccc1)Sc1ccccc1. The van der Waals surface area contributed by atoms with Crippen LogP contribution in [0.15, 0.2) is 101 Å². The maximum Gasteiger partial charge on any atom is 0.362 e. The Morgan fingerprint density at radius 3 is 2.25 bits per heavy atom. The molecule has 0 radical (unpaired) electrons. The van der Waals surface area contributed by atoms with Crippen molar-refractivity contribution in [2.24, 2.45) is 4.99 Å². The molecule has 1 N–H and O–H groups in total. The number of anilines is 1. The van der Waals surface area contributed by atoms with Crippen LogP contribution in [0.4, 0.5) is 11.5 Å². The number of benzene rings is 3. The molecule has 0 saturated carbocycles. The zero-order valence-electron chi connectivity index (χ0n) is 17.4. The lowest BCUT2D eigenvalue weighted by molar-refractivity contribution is 0.0520. The molecular weight excluding hydrogens is 422 g/mol. The van der Waals surface area contributed by atoms with Gasteiger partial charge in [0.15, 0.2) is 11.0 Å². The molecular formula is C24H21N5O2S. The smallest absolute Gasteiger partial charge is 0.362 e. The molecule has 4 rings (SSSR count). The summed E-state index contributed by atoms with van der Waals surface area (Å²) in [5, 5.41) is 12.1. The Morgan fingerprint density at radius 2 is 1.59 bits per heavy atom. The standard InChI is InChI=1S/C24H21N5O2S/c1-2-31-23(30)21-22(29(28-27-21)19-14-8-4-9-15-19)26-24(25-18-12-6-3-7-13-18)32-20-16-10-5-11-17-20/h3-17H,2H2,1H3,(H,25,26). The van der Waals surface area contributed by atoms with Crippen LogP contribution in [0.5, 0.6) is 0 Å². The number of aromatic nitrogens is 3. The summed E-state index contributed by atoms with van der Waals surface area (Å²) in [6, 6.07) is 29.0. The Kier molecular flexibility index (Phi) is 6.94. The van der Waals surface area contributed by atoms with Gasteiger partial charge in [0.25, 0.3) is 0 Å². The summed E-state index contributed by atoms with van der Waals surface area (Å²) in [6.07, 6.45) is 0. The Balaban J connectivity index is 1.81. The van der Waals surface area contributed by atoms with Gasteiger partial charge in [0.2, 0.25) is 5.69 Å². The number of aliphatic imine (C=N–C) groups is 1. The van der Waals surface area contributed by atoms with Crippen LogP contribution in [-0.2, 0) is 4.74 Å². The maximum atomic E-state index is 12.6. The van der Waals surface area contributed by atoms with Crippen molar-refractivity contribution >= 4 is 34.4 Å². The zero-order chi connectivity index (χ0) is 22.2. The number of nitrogens with zero attached hydrogens (tertiary/aromatic N) is 4. The largest absolute Gasteiger partial charge is 0.461 e. The predicted octanol–water partition coefficient (Wildman–Crippen LogP) is 5.34. The van der Waals surface area contributed by atoms with Crippen molar-refractivity contribution in [3.05, 3.63) is 96.7 Å². The number of ether oxygens (including phenoxy) is 1. The molecule has 0 atom stereocenters. The van der Waals surface area contributed by atoms with Crippen molar-refractivity contribution in [1.29, 1.82) is 0 Å². The normalized spacial score (nSPS) is 11.2. The lowest BCUT2D eigenvalue weighted by Gasteiger charge is -2.11. The molecule has 0 aliphatic carbocycles. The van der Waals surface area contributed by atoms with Gasteiger partial charge in [-0.2, -0.15) is 4.68 Å². The second-order valence-electron chi connectivity index (χ2n) is 6.55. The van der Waals surface area contributed by atoms with E-state index in [1.807, 2.05) is 91.0 Å². The molecule has 0 saturated heterocycles. The first-order chi connectivity index (χ1) is 15.7. The van der Waals surface area contributed by atoms with Crippen LogP contribution in [-0.4, -0.2) is 32.7 Å². The average molecular weight is 444 g/mol. The van der Waals surface area contributed by atoms with Crippen LogP contribution in [0.3, 0.4) is 0 Å². The van der Waals surface area contributed by atoms with Crippen molar-refractivity contribution in [3.8, 4) is 5.69 Å². The minimum atomic E-state index is -0.572. The first-order valence-electron chi connectivity index (χ1n) is 10.1. The second-order valence-corrected chi connectivity index (χ2v) is 7.61. The number of hydrogen-bond acceptors (Lipinski definition) is 6. The van der Waals surface area contributed by atoms with Gasteiger partial charge in [-0.3, -0.25) is 0 Å². The molecule has 0 amide bonds.